The number of carbonyl (C=O) groups excluding carboxylic acids is 1. The van der Waals surface area contributed by atoms with Gasteiger partial charge in [-0.3, -0.25) is 9.78 Å². The van der Waals surface area contributed by atoms with Gasteiger partial charge in [-0.2, -0.15) is 0 Å². The fourth-order valence-corrected chi connectivity index (χ4v) is 3.60. The molecule has 1 aromatic carbocycles. The second-order valence-electron chi connectivity index (χ2n) is 7.43. The van der Waals surface area contributed by atoms with Crippen LogP contribution in [0.4, 0.5) is 5.69 Å². The summed E-state index contributed by atoms with van der Waals surface area (Å²) in [6.45, 7) is 0.562. The molecular formula is C22H26N2O2. The summed E-state index contributed by atoms with van der Waals surface area (Å²) in [5, 5.41) is 0. The largest absolute Gasteiger partial charge is 0.490 e. The van der Waals surface area contributed by atoms with E-state index in [1.165, 1.54) is 19.3 Å². The Labute approximate surface area is 155 Å². The molecule has 0 bridgehead atoms. The molecule has 4 rings (SSSR count). The molecule has 0 saturated heterocycles. The first-order valence-electron chi connectivity index (χ1n) is 9.76. The fourth-order valence-electron chi connectivity index (χ4n) is 3.60. The van der Waals surface area contributed by atoms with Crippen LogP contribution in [0.5, 0.6) is 5.75 Å². The molecule has 1 amide bonds. The van der Waals surface area contributed by atoms with Crippen molar-refractivity contribution in [3.8, 4) is 5.75 Å². The third-order valence-electron chi connectivity index (χ3n) is 5.26. The van der Waals surface area contributed by atoms with E-state index in [1.807, 2.05) is 47.5 Å². The number of aromatic nitrogens is 1. The number of carbonyl (C=O) groups is 1. The van der Waals surface area contributed by atoms with Crippen LogP contribution in [0.15, 0.2) is 48.8 Å². The summed E-state index contributed by atoms with van der Waals surface area (Å²) in [5.41, 5.74) is 1.98. The van der Waals surface area contributed by atoms with Crippen molar-refractivity contribution in [1.82, 2.24) is 4.98 Å². The minimum absolute atomic E-state index is 0.185. The molecule has 0 aliphatic heterocycles. The Morgan fingerprint density at radius 2 is 1.81 bits per heavy atom. The van der Waals surface area contributed by atoms with Gasteiger partial charge < -0.3 is 9.64 Å². The molecule has 136 valence electrons. The molecule has 0 radical (unpaired) electrons. The van der Waals surface area contributed by atoms with Gasteiger partial charge in [0.2, 0.25) is 5.91 Å². The lowest BCUT2D eigenvalue weighted by molar-refractivity contribution is -0.119. The molecule has 0 N–H and O–H groups in total. The summed E-state index contributed by atoms with van der Waals surface area (Å²) in [5.74, 6) is 1.31. The molecule has 4 heteroatoms. The van der Waals surface area contributed by atoms with Gasteiger partial charge in [0.15, 0.2) is 0 Å². The predicted octanol–water partition coefficient (Wildman–Crippen LogP) is 4.74. The lowest BCUT2D eigenvalue weighted by Gasteiger charge is -2.25. The van der Waals surface area contributed by atoms with Gasteiger partial charge >= 0.3 is 0 Å². The number of rotatable bonds is 6. The highest BCUT2D eigenvalue weighted by Crippen LogP contribution is 2.34. The number of ether oxygens (including phenoxy) is 1. The zero-order valence-corrected chi connectivity index (χ0v) is 15.1. The molecule has 4 nitrogen and oxygen atoms in total. The van der Waals surface area contributed by atoms with Crippen molar-refractivity contribution in [2.24, 2.45) is 5.92 Å². The molecule has 2 aromatic rings. The molecule has 2 aliphatic carbocycles. The Morgan fingerprint density at radius 3 is 2.46 bits per heavy atom. The number of hydrogen-bond acceptors (Lipinski definition) is 3. The first-order chi connectivity index (χ1) is 12.8. The third-order valence-corrected chi connectivity index (χ3v) is 5.26. The smallest absolute Gasteiger partial charge is 0.230 e. The van der Waals surface area contributed by atoms with E-state index in [4.69, 9.17) is 4.74 Å². The Morgan fingerprint density at radius 1 is 1.04 bits per heavy atom. The van der Waals surface area contributed by atoms with Crippen LogP contribution in [0.25, 0.3) is 0 Å². The highest BCUT2D eigenvalue weighted by atomic mass is 16.5. The van der Waals surface area contributed by atoms with Crippen molar-refractivity contribution in [3.05, 3.63) is 54.4 Å². The summed E-state index contributed by atoms with van der Waals surface area (Å²) >= 11 is 0. The van der Waals surface area contributed by atoms with Crippen molar-refractivity contribution in [2.45, 2.75) is 57.6 Å². The van der Waals surface area contributed by atoms with Gasteiger partial charge in [0.1, 0.15) is 5.75 Å². The summed E-state index contributed by atoms with van der Waals surface area (Å²) < 4.78 is 6.12. The van der Waals surface area contributed by atoms with Crippen LogP contribution < -0.4 is 9.64 Å². The van der Waals surface area contributed by atoms with Crippen LogP contribution in [0, 0.1) is 5.92 Å². The maximum atomic E-state index is 12.8. The van der Waals surface area contributed by atoms with E-state index in [0.717, 1.165) is 42.7 Å². The van der Waals surface area contributed by atoms with E-state index in [2.05, 4.69) is 4.98 Å². The monoisotopic (exact) mass is 350 g/mol. The van der Waals surface area contributed by atoms with E-state index in [-0.39, 0.29) is 11.8 Å². The van der Waals surface area contributed by atoms with Crippen LogP contribution in [0.3, 0.4) is 0 Å². The van der Waals surface area contributed by atoms with Gasteiger partial charge in [-0.25, -0.2) is 0 Å². The summed E-state index contributed by atoms with van der Waals surface area (Å²) in [4.78, 5) is 18.8. The quantitative estimate of drug-likeness (QED) is 0.756. The standard InChI is InChI=1S/C22H26N2O2/c25-22(18-8-9-18)24(16-17-5-4-14-23-15-17)19-10-12-21(13-11-19)26-20-6-2-1-3-7-20/h4-5,10-15,18,20H,1-3,6-9,16H2. The Hall–Kier alpha value is -2.36. The van der Waals surface area contributed by atoms with Crippen molar-refractivity contribution in [2.75, 3.05) is 4.90 Å². The van der Waals surface area contributed by atoms with Crippen molar-refractivity contribution < 1.29 is 9.53 Å². The van der Waals surface area contributed by atoms with Crippen LogP contribution >= 0.6 is 0 Å². The molecule has 1 heterocycles. The fraction of sp³-hybridized carbons (Fsp3) is 0.455. The van der Waals surface area contributed by atoms with Crippen molar-refractivity contribution in [3.63, 3.8) is 0 Å². The second-order valence-corrected chi connectivity index (χ2v) is 7.43. The highest BCUT2D eigenvalue weighted by molar-refractivity contribution is 5.96. The first kappa shape index (κ1) is 17.1. The topological polar surface area (TPSA) is 42.4 Å². The van der Waals surface area contributed by atoms with E-state index in [9.17, 15) is 4.79 Å². The van der Waals surface area contributed by atoms with E-state index < -0.39 is 0 Å². The molecule has 2 saturated carbocycles. The summed E-state index contributed by atoms with van der Waals surface area (Å²) in [7, 11) is 0. The Balaban J connectivity index is 1.48. The zero-order valence-electron chi connectivity index (χ0n) is 15.1. The number of anilines is 1. The first-order valence-corrected chi connectivity index (χ1v) is 9.76. The van der Waals surface area contributed by atoms with Gasteiger partial charge in [-0.05, 0) is 74.4 Å². The summed E-state index contributed by atoms with van der Waals surface area (Å²) in [6.07, 6.45) is 12.1. The SMILES string of the molecule is O=C(C1CC1)N(Cc1cccnc1)c1ccc(OC2CCCCC2)cc1. The maximum Gasteiger partial charge on any atom is 0.230 e. The number of nitrogens with zero attached hydrogens (tertiary/aromatic N) is 2. The molecule has 0 spiro atoms. The van der Waals surface area contributed by atoms with Crippen molar-refractivity contribution >= 4 is 11.6 Å². The predicted molar refractivity (Wildman–Crippen MR) is 102 cm³/mol. The van der Waals surface area contributed by atoms with Crippen LogP contribution in [-0.4, -0.2) is 17.0 Å². The highest BCUT2D eigenvalue weighted by Gasteiger charge is 2.34. The van der Waals surface area contributed by atoms with Crippen LogP contribution in [0.2, 0.25) is 0 Å². The maximum absolute atomic E-state index is 12.8. The summed E-state index contributed by atoms with van der Waals surface area (Å²) in [6, 6.07) is 11.9. The van der Waals surface area contributed by atoms with Gasteiger partial charge in [0.05, 0.1) is 12.6 Å². The average molecular weight is 350 g/mol. The molecule has 1 aromatic heterocycles. The van der Waals surface area contributed by atoms with Crippen molar-refractivity contribution in [1.29, 1.82) is 0 Å². The van der Waals surface area contributed by atoms with E-state index >= 15 is 0 Å². The lowest BCUT2D eigenvalue weighted by atomic mass is 9.98. The molecule has 26 heavy (non-hydrogen) atoms. The Bertz CT molecular complexity index is 720. The second kappa shape index (κ2) is 7.90. The molecular weight excluding hydrogens is 324 g/mol. The molecule has 2 aliphatic rings. The van der Waals surface area contributed by atoms with E-state index in [0.29, 0.717) is 12.6 Å². The average Bonchev–Trinajstić information content (AvgIpc) is 3.53. The van der Waals surface area contributed by atoms with E-state index in [1.54, 1.807) is 6.20 Å². The van der Waals surface area contributed by atoms with Gasteiger partial charge in [-0.15, -0.1) is 0 Å². The third kappa shape index (κ3) is 4.24. The zero-order chi connectivity index (χ0) is 17.8. The van der Waals surface area contributed by atoms with Gasteiger partial charge in [-0.1, -0.05) is 12.5 Å². The minimum Gasteiger partial charge on any atom is -0.490 e. The molecule has 2 fully saturated rings. The number of amides is 1. The lowest BCUT2D eigenvalue weighted by Crippen LogP contribution is -2.31. The normalized spacial score (nSPS) is 17.7. The number of benzene rings is 1. The Kier molecular flexibility index (Phi) is 5.19. The van der Waals surface area contributed by atoms with Gasteiger partial charge in [0.25, 0.3) is 0 Å². The van der Waals surface area contributed by atoms with Gasteiger partial charge in [0, 0.05) is 24.0 Å². The number of pyridine rings is 1. The minimum atomic E-state index is 0.185. The number of hydrogen-bond donors (Lipinski definition) is 0. The molecule has 0 unspecified atom stereocenters. The van der Waals surface area contributed by atoms with Crippen LogP contribution in [-0.2, 0) is 11.3 Å². The van der Waals surface area contributed by atoms with Crippen LogP contribution in [0.1, 0.15) is 50.5 Å². The molecule has 0 atom stereocenters.